The topological polar surface area (TPSA) is 117 Å². The molecule has 0 bridgehead atoms. The van der Waals surface area contributed by atoms with Gasteiger partial charge >= 0.3 is 0 Å². The maximum Gasteiger partial charge on any atom is 0.248 e. The highest BCUT2D eigenvalue weighted by Crippen LogP contribution is 2.63. The van der Waals surface area contributed by atoms with Gasteiger partial charge in [0.15, 0.2) is 0 Å². The molecule has 1 spiro atoms. The predicted molar refractivity (Wildman–Crippen MR) is 157 cm³/mol. The Kier molecular flexibility index (Phi) is 6.69. The molecule has 0 radical (unpaired) electrons. The van der Waals surface area contributed by atoms with Crippen LogP contribution in [-0.2, 0) is 9.59 Å². The number of hydrogen-bond donors (Lipinski definition) is 2. The number of methoxy groups -OCH3 is 1. The smallest absolute Gasteiger partial charge is 0.248 e. The molecule has 3 fully saturated rings. The number of ether oxygens (including phenoxy) is 1. The number of aliphatic imine (C=N–C) groups is 1. The van der Waals surface area contributed by atoms with Crippen LogP contribution in [0.25, 0.3) is 0 Å². The van der Waals surface area contributed by atoms with E-state index in [1.165, 1.54) is 19.2 Å². The van der Waals surface area contributed by atoms with Crippen molar-refractivity contribution in [2.75, 3.05) is 18.7 Å². The summed E-state index contributed by atoms with van der Waals surface area (Å²) >= 11 is 6.31. The van der Waals surface area contributed by atoms with E-state index in [4.69, 9.17) is 22.1 Å². The summed E-state index contributed by atoms with van der Waals surface area (Å²) in [6.45, 7) is 6.39. The van der Waals surface area contributed by atoms with Gasteiger partial charge in [-0.05, 0) is 47.7 Å². The zero-order valence-corrected chi connectivity index (χ0v) is 24.6. The lowest BCUT2D eigenvalue weighted by Crippen LogP contribution is -2.53. The number of amides is 3. The molecule has 0 saturated carbocycles. The van der Waals surface area contributed by atoms with Crippen molar-refractivity contribution in [2.24, 2.45) is 27.5 Å². The number of nitrogens with zero attached hydrogens (tertiary/aromatic N) is 3. The number of halogens is 2. The Morgan fingerprint density at radius 2 is 2.02 bits per heavy atom. The first-order valence-electron chi connectivity index (χ1n) is 13.9. The fraction of sp³-hybridized carbons (Fsp3) is 0.419. The van der Waals surface area contributed by atoms with Crippen molar-refractivity contribution in [3.05, 3.63) is 70.6 Å². The Balaban J connectivity index is 1.57. The Hall–Kier alpha value is -3.76. The number of fused-ring (bicyclic) bond motifs is 3. The number of benzene rings is 2. The molecule has 3 saturated heterocycles. The number of carbonyl (C=O) groups excluding carboxylic acids is 3. The monoisotopic (exact) mass is 593 g/mol. The molecule has 6 rings (SSSR count). The molecule has 9 nitrogen and oxygen atoms in total. The molecule has 2 aromatic carbocycles. The zero-order chi connectivity index (χ0) is 30.1. The van der Waals surface area contributed by atoms with Gasteiger partial charge in [-0.25, -0.2) is 4.39 Å². The molecule has 2 unspecified atom stereocenters. The number of nitrogens with one attached hydrogen (secondary N) is 1. The van der Waals surface area contributed by atoms with Crippen LogP contribution in [0, 0.1) is 22.6 Å². The van der Waals surface area contributed by atoms with Crippen molar-refractivity contribution in [3.8, 4) is 5.75 Å². The molecule has 220 valence electrons. The summed E-state index contributed by atoms with van der Waals surface area (Å²) in [5.41, 5.74) is 4.94. The first kappa shape index (κ1) is 28.4. The van der Waals surface area contributed by atoms with Crippen LogP contribution in [0.4, 0.5) is 10.1 Å². The lowest BCUT2D eigenvalue weighted by molar-refractivity contribution is -0.131. The van der Waals surface area contributed by atoms with Gasteiger partial charge in [0, 0.05) is 35.9 Å². The van der Waals surface area contributed by atoms with Crippen molar-refractivity contribution < 1.29 is 23.5 Å². The number of primary amides is 1. The molecule has 3 N–H and O–H groups in total. The van der Waals surface area contributed by atoms with Crippen LogP contribution >= 0.6 is 11.6 Å². The predicted octanol–water partition coefficient (Wildman–Crippen LogP) is 3.86. The maximum absolute atomic E-state index is 16.0. The average Bonchev–Trinajstić information content (AvgIpc) is 3.52. The molecular formula is C31H33ClFN5O4. The second-order valence-corrected chi connectivity index (χ2v) is 13.0. The molecule has 0 aromatic heterocycles. The largest absolute Gasteiger partial charge is 0.495 e. The minimum atomic E-state index is -1.20. The molecule has 2 aromatic rings. The summed E-state index contributed by atoms with van der Waals surface area (Å²) in [5.74, 6) is -2.79. The van der Waals surface area contributed by atoms with Gasteiger partial charge in [-0.3, -0.25) is 29.2 Å². The third-order valence-corrected chi connectivity index (χ3v) is 9.39. The van der Waals surface area contributed by atoms with Gasteiger partial charge in [0.25, 0.3) is 0 Å². The highest BCUT2D eigenvalue weighted by molar-refractivity contribution is 6.30. The first-order chi connectivity index (χ1) is 19.9. The van der Waals surface area contributed by atoms with E-state index >= 15 is 4.39 Å². The van der Waals surface area contributed by atoms with Crippen LogP contribution in [0.5, 0.6) is 5.75 Å². The number of anilines is 1. The van der Waals surface area contributed by atoms with Gasteiger partial charge in [0.2, 0.25) is 17.7 Å². The Morgan fingerprint density at radius 1 is 1.26 bits per heavy atom. The van der Waals surface area contributed by atoms with Gasteiger partial charge in [0.1, 0.15) is 11.6 Å². The lowest BCUT2D eigenvalue weighted by Gasteiger charge is -2.43. The number of hydrogen-bond acceptors (Lipinski definition) is 6. The maximum atomic E-state index is 16.0. The Labute approximate surface area is 248 Å². The molecule has 6 atom stereocenters. The molecule has 4 aliphatic heterocycles. The van der Waals surface area contributed by atoms with E-state index in [2.05, 4.69) is 31.1 Å². The first-order valence-corrected chi connectivity index (χ1v) is 14.3. The van der Waals surface area contributed by atoms with Gasteiger partial charge in [-0.15, -0.1) is 0 Å². The quantitative estimate of drug-likeness (QED) is 0.546. The third kappa shape index (κ3) is 4.06. The highest BCUT2D eigenvalue weighted by Gasteiger charge is 2.74. The van der Waals surface area contributed by atoms with Gasteiger partial charge < -0.3 is 15.8 Å². The second-order valence-electron chi connectivity index (χ2n) is 12.6. The molecule has 4 aliphatic rings. The fourth-order valence-electron chi connectivity index (χ4n) is 7.50. The van der Waals surface area contributed by atoms with Crippen LogP contribution < -0.4 is 20.7 Å². The van der Waals surface area contributed by atoms with Crippen molar-refractivity contribution in [1.29, 1.82) is 0 Å². The molecular weight excluding hydrogens is 561 g/mol. The van der Waals surface area contributed by atoms with Crippen molar-refractivity contribution in [1.82, 2.24) is 10.2 Å². The van der Waals surface area contributed by atoms with E-state index in [0.29, 0.717) is 17.9 Å². The lowest BCUT2D eigenvalue weighted by atomic mass is 9.59. The van der Waals surface area contributed by atoms with Crippen molar-refractivity contribution in [3.63, 3.8) is 0 Å². The SMILES string of the molecule is COc1cc(C(N)=O)ccc1N1CN2[C@@H](CC(C)(C)C)[C@@]3(C(=O)NC4C=CN=CC43)[C@@H](c3cccc(Cl)c3F)[C@@H]2C1=O. The molecule has 4 heterocycles. The molecule has 11 heteroatoms. The number of carbonyl (C=O) groups is 3. The van der Waals surface area contributed by atoms with Crippen molar-refractivity contribution >= 4 is 41.2 Å². The summed E-state index contributed by atoms with van der Waals surface area (Å²) in [6.07, 6.45) is 5.82. The van der Waals surface area contributed by atoms with Crippen molar-refractivity contribution in [2.45, 2.75) is 51.2 Å². The van der Waals surface area contributed by atoms with E-state index in [-0.39, 0.29) is 46.1 Å². The zero-order valence-electron chi connectivity index (χ0n) is 23.8. The normalized spacial score (nSPS) is 30.1. The van der Waals surface area contributed by atoms with E-state index in [0.717, 1.165) is 0 Å². The van der Waals surface area contributed by atoms with Gasteiger partial charge in [0.05, 0.1) is 42.0 Å². The Morgan fingerprint density at radius 3 is 2.71 bits per heavy atom. The van der Waals surface area contributed by atoms with E-state index < -0.39 is 41.1 Å². The van der Waals surface area contributed by atoms with Crippen LogP contribution in [-0.4, -0.2) is 60.7 Å². The third-order valence-electron chi connectivity index (χ3n) is 9.10. The summed E-state index contributed by atoms with van der Waals surface area (Å²) in [7, 11) is 1.45. The summed E-state index contributed by atoms with van der Waals surface area (Å²) < 4.78 is 21.6. The molecule has 3 amide bonds. The van der Waals surface area contributed by atoms with Gasteiger partial charge in [-0.2, -0.15) is 0 Å². The van der Waals surface area contributed by atoms with Crippen LogP contribution in [0.2, 0.25) is 5.02 Å². The molecule has 42 heavy (non-hydrogen) atoms. The Bertz CT molecular complexity index is 1550. The fourth-order valence-corrected chi connectivity index (χ4v) is 7.68. The summed E-state index contributed by atoms with van der Waals surface area (Å²) in [5, 5.41) is 3.06. The van der Waals surface area contributed by atoms with E-state index in [9.17, 15) is 14.4 Å². The van der Waals surface area contributed by atoms with Gasteiger partial charge in [-0.1, -0.05) is 44.5 Å². The van der Waals surface area contributed by atoms with Crippen LogP contribution in [0.15, 0.2) is 53.7 Å². The standard InChI is InChI=1S/C31H33ClFN5O4/c1-30(2,3)13-23-31(18-14-35-11-10-20(18)36-29(31)41)24(17-6-5-7-19(32)25(17)33)26-28(40)37(15-38(23)26)21-9-8-16(27(34)39)12-22(21)42-4/h5-12,14,18,20,23-24,26H,13,15H2,1-4H3,(H2,34,39)(H,36,41)/t18?,20?,23-,24-,26+,31+/m0/s1. The number of nitrogens with two attached hydrogens (primary N) is 1. The average molecular weight is 594 g/mol. The number of rotatable bonds is 5. The second kappa shape index (κ2) is 9.91. The van der Waals surface area contributed by atoms with Crippen LogP contribution in [0.1, 0.15) is 49.0 Å². The van der Waals surface area contributed by atoms with E-state index in [1.807, 2.05) is 11.0 Å². The minimum Gasteiger partial charge on any atom is -0.495 e. The summed E-state index contributed by atoms with van der Waals surface area (Å²) in [6, 6.07) is 7.73. The highest BCUT2D eigenvalue weighted by atomic mass is 35.5. The van der Waals surface area contributed by atoms with E-state index in [1.54, 1.807) is 41.6 Å². The van der Waals surface area contributed by atoms with Crippen LogP contribution in [0.3, 0.4) is 0 Å². The molecule has 0 aliphatic carbocycles. The summed E-state index contributed by atoms with van der Waals surface area (Å²) in [4.78, 5) is 48.8. The minimum absolute atomic E-state index is 0.0772.